The highest BCUT2D eigenvalue weighted by molar-refractivity contribution is 6.21. The van der Waals surface area contributed by atoms with E-state index in [-0.39, 0.29) is 29.8 Å². The first-order chi connectivity index (χ1) is 17.3. The number of methoxy groups -OCH3 is 1. The minimum atomic E-state index is -1.19. The standard InChI is InChI=1S/C25H41Cl2F2N5O2/c1-36-18-7-3-14(4-8-18)22-12-23(34-33-22)31-25(30-13-16-2-6-17(28)11-20(16)27)32-24(35)15-5-9-19(26)21(29)10-15/h14-23,33-34H,2-13H2,1H3,(H2,30,31,32,35). The van der Waals surface area contributed by atoms with Crippen LogP contribution >= 0.6 is 23.2 Å². The Labute approximate surface area is 223 Å². The molecule has 4 rings (SSSR count). The Balaban J connectivity index is 1.35. The largest absolute Gasteiger partial charge is 0.381 e. The molecule has 206 valence electrons. The molecule has 0 bridgehead atoms. The molecule has 4 N–H and O–H groups in total. The maximum Gasteiger partial charge on any atom is 0.229 e. The van der Waals surface area contributed by atoms with Gasteiger partial charge in [0.25, 0.3) is 0 Å². The van der Waals surface area contributed by atoms with Crippen LogP contribution in [0.2, 0.25) is 0 Å². The molecule has 11 heteroatoms. The van der Waals surface area contributed by atoms with Gasteiger partial charge in [-0.25, -0.2) is 14.2 Å². The molecule has 8 atom stereocenters. The van der Waals surface area contributed by atoms with Gasteiger partial charge in [-0.2, -0.15) is 0 Å². The van der Waals surface area contributed by atoms with E-state index in [0.29, 0.717) is 62.7 Å². The van der Waals surface area contributed by atoms with Crippen molar-refractivity contribution in [3.63, 3.8) is 0 Å². The van der Waals surface area contributed by atoms with Crippen LogP contribution < -0.4 is 21.5 Å². The zero-order valence-electron chi connectivity index (χ0n) is 21.0. The zero-order valence-corrected chi connectivity index (χ0v) is 22.5. The molecule has 8 unspecified atom stereocenters. The van der Waals surface area contributed by atoms with E-state index < -0.39 is 23.6 Å². The molecule has 4 fully saturated rings. The van der Waals surface area contributed by atoms with Crippen LogP contribution in [0.1, 0.15) is 70.6 Å². The maximum absolute atomic E-state index is 14.2. The lowest BCUT2D eigenvalue weighted by Crippen LogP contribution is -2.52. The number of nitrogens with zero attached hydrogens (tertiary/aromatic N) is 1. The van der Waals surface area contributed by atoms with Crippen LogP contribution in [0, 0.1) is 17.8 Å². The smallest absolute Gasteiger partial charge is 0.229 e. The number of aliphatic imine (C=N–C) groups is 1. The molecule has 0 aromatic rings. The number of ether oxygens (including phenoxy) is 1. The van der Waals surface area contributed by atoms with Gasteiger partial charge in [0.05, 0.1) is 17.6 Å². The fourth-order valence-electron chi connectivity index (χ4n) is 6.08. The number of hydrogen-bond donors (Lipinski definition) is 4. The van der Waals surface area contributed by atoms with Crippen LogP contribution in [0.15, 0.2) is 4.99 Å². The van der Waals surface area contributed by atoms with E-state index in [4.69, 9.17) is 27.9 Å². The van der Waals surface area contributed by atoms with E-state index in [1.165, 1.54) is 0 Å². The second-order valence-electron chi connectivity index (χ2n) is 11.0. The van der Waals surface area contributed by atoms with E-state index in [0.717, 1.165) is 32.1 Å². The van der Waals surface area contributed by atoms with Gasteiger partial charge in [-0.3, -0.25) is 20.5 Å². The second kappa shape index (κ2) is 13.4. The second-order valence-corrected chi connectivity index (χ2v) is 12.1. The predicted octanol–water partition coefficient (Wildman–Crippen LogP) is 3.94. The number of halogens is 4. The minimum absolute atomic E-state index is 0.0488. The summed E-state index contributed by atoms with van der Waals surface area (Å²) in [4.78, 5) is 17.7. The number of hydrogen-bond acceptors (Lipinski definition) is 5. The van der Waals surface area contributed by atoms with Crippen molar-refractivity contribution in [2.24, 2.45) is 22.7 Å². The Morgan fingerprint density at radius 1 is 0.972 bits per heavy atom. The number of nitrogens with one attached hydrogen (secondary N) is 4. The maximum atomic E-state index is 14.2. The molecule has 7 nitrogen and oxygen atoms in total. The summed E-state index contributed by atoms with van der Waals surface area (Å²) in [5, 5.41) is 5.44. The fraction of sp³-hybridized carbons (Fsp3) is 0.920. The number of alkyl halides is 4. The van der Waals surface area contributed by atoms with Crippen molar-refractivity contribution in [2.45, 2.75) is 112 Å². The van der Waals surface area contributed by atoms with Crippen LogP contribution in [0.5, 0.6) is 0 Å². The van der Waals surface area contributed by atoms with Gasteiger partial charge in [0.2, 0.25) is 5.91 Å². The molecule has 1 saturated heterocycles. The lowest BCUT2D eigenvalue weighted by atomic mass is 9.82. The number of hydrazine groups is 1. The summed E-state index contributed by atoms with van der Waals surface area (Å²) in [7, 11) is 1.78. The third-order valence-corrected chi connectivity index (χ3v) is 9.52. The van der Waals surface area contributed by atoms with Gasteiger partial charge in [0, 0.05) is 31.0 Å². The first-order valence-electron chi connectivity index (χ1n) is 13.5. The lowest BCUT2D eigenvalue weighted by molar-refractivity contribution is -0.125. The summed E-state index contributed by atoms with van der Waals surface area (Å²) < 4.78 is 33.3. The van der Waals surface area contributed by atoms with Crippen LogP contribution in [0.3, 0.4) is 0 Å². The monoisotopic (exact) mass is 551 g/mol. The molecule has 1 aliphatic heterocycles. The van der Waals surface area contributed by atoms with Crippen molar-refractivity contribution in [3.05, 3.63) is 0 Å². The highest BCUT2D eigenvalue weighted by Gasteiger charge is 2.36. The highest BCUT2D eigenvalue weighted by atomic mass is 35.5. The van der Waals surface area contributed by atoms with E-state index in [1.807, 2.05) is 0 Å². The molecule has 36 heavy (non-hydrogen) atoms. The van der Waals surface area contributed by atoms with Crippen molar-refractivity contribution in [2.75, 3.05) is 13.7 Å². The molecule has 4 aliphatic rings. The van der Waals surface area contributed by atoms with Crippen molar-refractivity contribution < 1.29 is 18.3 Å². The van der Waals surface area contributed by atoms with Gasteiger partial charge in [0.1, 0.15) is 12.3 Å². The van der Waals surface area contributed by atoms with E-state index in [2.05, 4.69) is 26.5 Å². The van der Waals surface area contributed by atoms with Crippen LogP contribution in [0.4, 0.5) is 8.78 Å². The summed E-state index contributed by atoms with van der Waals surface area (Å²) in [6.45, 7) is 0.397. The summed E-state index contributed by atoms with van der Waals surface area (Å²) in [5.41, 5.74) is 6.71. The summed E-state index contributed by atoms with van der Waals surface area (Å²) in [5.74, 6) is 0.280. The van der Waals surface area contributed by atoms with Gasteiger partial charge < -0.3 is 10.1 Å². The zero-order chi connectivity index (χ0) is 25.7. The molecule has 0 spiro atoms. The molecule has 1 heterocycles. The minimum Gasteiger partial charge on any atom is -0.381 e. The first-order valence-corrected chi connectivity index (χ1v) is 14.4. The number of rotatable bonds is 6. The average Bonchev–Trinajstić information content (AvgIpc) is 3.33. The van der Waals surface area contributed by atoms with E-state index in [1.54, 1.807) is 7.11 Å². The molecule has 0 aromatic heterocycles. The number of carbonyl (C=O) groups excluding carboxylic acids is 1. The van der Waals surface area contributed by atoms with Crippen LogP contribution in [0.25, 0.3) is 0 Å². The van der Waals surface area contributed by atoms with Gasteiger partial charge in [0.15, 0.2) is 5.96 Å². The third-order valence-electron chi connectivity index (χ3n) is 8.50. The molecular formula is C25H41Cl2F2N5O2. The Hall–Kier alpha value is -0.740. The molecule has 0 radical (unpaired) electrons. The number of amides is 1. The van der Waals surface area contributed by atoms with Gasteiger partial charge in [-0.1, -0.05) is 0 Å². The number of carbonyl (C=O) groups is 1. The van der Waals surface area contributed by atoms with Crippen LogP contribution in [-0.2, 0) is 9.53 Å². The van der Waals surface area contributed by atoms with Crippen molar-refractivity contribution in [3.8, 4) is 0 Å². The quantitative estimate of drug-likeness (QED) is 0.228. The molecular weight excluding hydrogens is 511 g/mol. The fourth-order valence-corrected chi connectivity index (χ4v) is 6.71. The molecule has 0 aromatic carbocycles. The summed E-state index contributed by atoms with van der Waals surface area (Å²) in [6, 6.07) is 0.315. The van der Waals surface area contributed by atoms with Gasteiger partial charge >= 0.3 is 0 Å². The highest BCUT2D eigenvalue weighted by Crippen LogP contribution is 2.33. The lowest BCUT2D eigenvalue weighted by Gasteiger charge is -2.31. The van der Waals surface area contributed by atoms with Gasteiger partial charge in [-0.15, -0.1) is 23.2 Å². The van der Waals surface area contributed by atoms with E-state index >= 15 is 0 Å². The molecule has 3 saturated carbocycles. The average molecular weight is 553 g/mol. The molecule has 3 aliphatic carbocycles. The van der Waals surface area contributed by atoms with Crippen molar-refractivity contribution in [1.82, 2.24) is 21.5 Å². The Kier molecular flexibility index (Phi) is 10.5. The van der Waals surface area contributed by atoms with Crippen LogP contribution in [-0.4, -0.2) is 66.9 Å². The Morgan fingerprint density at radius 3 is 2.44 bits per heavy atom. The number of guanidine groups is 1. The SMILES string of the molecule is COC1CCC(C2CC(NC(=NCC3CCC(F)CC3Cl)NC(=O)C3CCC(Cl)C(F)C3)NN2)CC1. The topological polar surface area (TPSA) is 86.8 Å². The summed E-state index contributed by atoms with van der Waals surface area (Å²) in [6.07, 6.45) is 6.03. The first kappa shape index (κ1) is 28.3. The normalized spacial score (nSPS) is 42.2. The van der Waals surface area contributed by atoms with Crippen molar-refractivity contribution >= 4 is 35.1 Å². The summed E-state index contributed by atoms with van der Waals surface area (Å²) >= 11 is 12.4. The Bertz CT molecular complexity index is 758. The Morgan fingerprint density at radius 2 is 1.75 bits per heavy atom. The third kappa shape index (κ3) is 7.65. The molecule has 1 amide bonds. The van der Waals surface area contributed by atoms with Gasteiger partial charge in [-0.05, 0) is 82.5 Å². The predicted molar refractivity (Wildman–Crippen MR) is 139 cm³/mol. The van der Waals surface area contributed by atoms with Crippen molar-refractivity contribution in [1.29, 1.82) is 0 Å². The van der Waals surface area contributed by atoms with E-state index in [9.17, 15) is 13.6 Å².